The summed E-state index contributed by atoms with van der Waals surface area (Å²) in [6.07, 6.45) is -2.12. The van der Waals surface area contributed by atoms with Gasteiger partial charge < -0.3 is 10.0 Å². The molecule has 0 aliphatic heterocycles. The molecule has 0 saturated heterocycles. The van der Waals surface area contributed by atoms with Crippen molar-refractivity contribution in [2.24, 2.45) is 0 Å². The highest BCUT2D eigenvalue weighted by molar-refractivity contribution is 5.43. The summed E-state index contributed by atoms with van der Waals surface area (Å²) in [6, 6.07) is 3.27. The Morgan fingerprint density at radius 1 is 1.20 bits per heavy atom. The van der Waals surface area contributed by atoms with Crippen LogP contribution >= 0.6 is 0 Å². The maximum Gasteiger partial charge on any atom is 0.405 e. The number of anilines is 1. The van der Waals surface area contributed by atoms with E-state index in [1.54, 1.807) is 6.07 Å². The summed E-state index contributed by atoms with van der Waals surface area (Å²) in [7, 11) is 0. The Hall–Kier alpha value is -1.30. The van der Waals surface area contributed by atoms with E-state index in [2.05, 4.69) is 4.98 Å². The minimum Gasteiger partial charge on any atom is -0.392 e. The van der Waals surface area contributed by atoms with E-state index in [4.69, 9.17) is 0 Å². The van der Waals surface area contributed by atoms with Gasteiger partial charge in [-0.05, 0) is 30.5 Å². The van der Waals surface area contributed by atoms with Crippen LogP contribution in [0.25, 0.3) is 0 Å². The molecule has 1 aromatic rings. The molecule has 0 fully saturated rings. The zero-order valence-corrected chi connectivity index (χ0v) is 11.9. The molecule has 114 valence electrons. The predicted molar refractivity (Wildman–Crippen MR) is 72.7 cm³/mol. The van der Waals surface area contributed by atoms with Crippen LogP contribution in [0, 0.1) is 0 Å². The van der Waals surface area contributed by atoms with Crippen molar-refractivity contribution in [1.82, 2.24) is 4.98 Å². The summed E-state index contributed by atoms with van der Waals surface area (Å²) in [5.74, 6) is 0.291. The Kier molecular flexibility index (Phi) is 6.26. The van der Waals surface area contributed by atoms with E-state index < -0.39 is 12.7 Å². The zero-order chi connectivity index (χ0) is 15.2. The minimum atomic E-state index is -4.27. The van der Waals surface area contributed by atoms with E-state index in [1.165, 1.54) is 11.0 Å². The third kappa shape index (κ3) is 5.36. The monoisotopic (exact) mass is 290 g/mol. The Balaban J connectivity index is 3.07. The minimum absolute atomic E-state index is 0.196. The van der Waals surface area contributed by atoms with Gasteiger partial charge >= 0.3 is 6.18 Å². The molecular weight excluding hydrogens is 269 g/mol. The largest absolute Gasteiger partial charge is 0.405 e. The predicted octanol–water partition coefficient (Wildman–Crippen LogP) is 3.31. The molecule has 3 nitrogen and oxygen atoms in total. The normalized spacial score (nSPS) is 11.7. The second kappa shape index (κ2) is 7.47. The molecule has 1 rings (SSSR count). The molecule has 0 aliphatic carbocycles. The van der Waals surface area contributed by atoms with E-state index in [9.17, 15) is 18.3 Å². The van der Waals surface area contributed by atoms with E-state index >= 15 is 0 Å². The third-order valence-electron chi connectivity index (χ3n) is 2.80. The molecule has 0 spiro atoms. The average molecular weight is 290 g/mol. The molecule has 0 radical (unpaired) electrons. The van der Waals surface area contributed by atoms with Crippen LogP contribution in [-0.4, -0.2) is 29.4 Å². The van der Waals surface area contributed by atoms with Gasteiger partial charge in [0.05, 0.1) is 6.61 Å². The lowest BCUT2D eigenvalue weighted by molar-refractivity contribution is -0.119. The fourth-order valence-corrected chi connectivity index (χ4v) is 2.03. The highest BCUT2D eigenvalue weighted by atomic mass is 19.4. The van der Waals surface area contributed by atoms with Gasteiger partial charge in [-0.2, -0.15) is 13.2 Å². The van der Waals surface area contributed by atoms with Crippen molar-refractivity contribution in [1.29, 1.82) is 0 Å². The fourth-order valence-electron chi connectivity index (χ4n) is 2.03. The molecule has 0 unspecified atom stereocenters. The lowest BCUT2D eigenvalue weighted by Gasteiger charge is -2.25. The van der Waals surface area contributed by atoms with Gasteiger partial charge in [-0.3, -0.25) is 0 Å². The van der Waals surface area contributed by atoms with Gasteiger partial charge in [0, 0.05) is 12.2 Å². The van der Waals surface area contributed by atoms with Gasteiger partial charge in [0.1, 0.15) is 12.4 Å². The molecule has 0 aromatic carbocycles. The molecule has 0 amide bonds. The number of hydrogen-bond acceptors (Lipinski definition) is 3. The Morgan fingerprint density at radius 2 is 1.90 bits per heavy atom. The first kappa shape index (κ1) is 16.8. The Bertz CT molecular complexity index is 421. The number of aliphatic hydroxyl groups is 1. The van der Waals surface area contributed by atoms with Crippen molar-refractivity contribution in [2.75, 3.05) is 18.0 Å². The van der Waals surface area contributed by atoms with Crippen LogP contribution in [0.2, 0.25) is 0 Å². The molecule has 1 aromatic heterocycles. The maximum absolute atomic E-state index is 12.6. The molecule has 0 bridgehead atoms. The van der Waals surface area contributed by atoms with Gasteiger partial charge in [-0.25, -0.2) is 4.98 Å². The van der Waals surface area contributed by atoms with Crippen LogP contribution in [0.1, 0.15) is 37.9 Å². The molecule has 0 saturated carbocycles. The number of alkyl halides is 3. The summed E-state index contributed by atoms with van der Waals surface area (Å²) >= 11 is 0. The Morgan fingerprint density at radius 3 is 2.40 bits per heavy atom. The smallest absolute Gasteiger partial charge is 0.392 e. The van der Waals surface area contributed by atoms with E-state index in [0.717, 1.165) is 12.1 Å². The number of hydrogen-bond donors (Lipinski definition) is 1. The summed E-state index contributed by atoms with van der Waals surface area (Å²) in [5.41, 5.74) is 1.32. The van der Waals surface area contributed by atoms with Crippen molar-refractivity contribution >= 4 is 5.82 Å². The molecule has 0 atom stereocenters. The van der Waals surface area contributed by atoms with E-state index in [0.29, 0.717) is 24.2 Å². The lowest BCUT2D eigenvalue weighted by atomic mass is 10.1. The number of aliphatic hydroxyl groups excluding tert-OH is 1. The summed E-state index contributed by atoms with van der Waals surface area (Å²) in [4.78, 5) is 5.51. The van der Waals surface area contributed by atoms with Crippen LogP contribution in [0.15, 0.2) is 12.1 Å². The molecule has 6 heteroatoms. The summed E-state index contributed by atoms with van der Waals surface area (Å²) in [5, 5.41) is 9.23. The standard InChI is InChI=1S/C14H21F3N2O/c1-3-5-12-7-11(9-20)8-13(18-12)19(6-4-2)10-14(15,16)17/h7-8,20H,3-6,9-10H2,1-2H3. The molecule has 1 heterocycles. The van der Waals surface area contributed by atoms with Gasteiger partial charge in [0.2, 0.25) is 0 Å². The van der Waals surface area contributed by atoms with Crippen LogP contribution in [0.5, 0.6) is 0 Å². The number of nitrogens with zero attached hydrogens (tertiary/aromatic N) is 2. The second-order valence-corrected chi connectivity index (χ2v) is 4.77. The molecule has 0 aliphatic rings. The van der Waals surface area contributed by atoms with Gasteiger partial charge in [-0.15, -0.1) is 0 Å². The SMILES string of the molecule is CCCc1cc(CO)cc(N(CCC)CC(F)(F)F)n1. The maximum atomic E-state index is 12.6. The number of pyridine rings is 1. The first-order valence-corrected chi connectivity index (χ1v) is 6.82. The third-order valence-corrected chi connectivity index (χ3v) is 2.80. The topological polar surface area (TPSA) is 36.4 Å². The summed E-state index contributed by atoms with van der Waals surface area (Å²) in [6.45, 7) is 2.87. The average Bonchev–Trinajstić information content (AvgIpc) is 2.36. The highest BCUT2D eigenvalue weighted by Gasteiger charge is 2.31. The molecular formula is C14H21F3N2O. The highest BCUT2D eigenvalue weighted by Crippen LogP contribution is 2.23. The number of aryl methyl sites for hydroxylation is 1. The molecule has 1 N–H and O–H groups in total. The number of aromatic nitrogens is 1. The van der Waals surface area contributed by atoms with Crippen LogP contribution in [-0.2, 0) is 13.0 Å². The zero-order valence-electron chi connectivity index (χ0n) is 11.9. The first-order valence-electron chi connectivity index (χ1n) is 6.82. The number of halogens is 3. The van der Waals surface area contributed by atoms with Crippen molar-refractivity contribution in [3.63, 3.8) is 0 Å². The van der Waals surface area contributed by atoms with Crippen LogP contribution < -0.4 is 4.90 Å². The van der Waals surface area contributed by atoms with Crippen molar-refractivity contribution in [2.45, 2.75) is 45.9 Å². The van der Waals surface area contributed by atoms with E-state index in [-0.39, 0.29) is 13.2 Å². The lowest BCUT2D eigenvalue weighted by Crippen LogP contribution is -2.35. The van der Waals surface area contributed by atoms with Crippen molar-refractivity contribution in [3.05, 3.63) is 23.4 Å². The summed E-state index contributed by atoms with van der Waals surface area (Å²) < 4.78 is 37.9. The van der Waals surface area contributed by atoms with Crippen molar-refractivity contribution in [3.8, 4) is 0 Å². The van der Waals surface area contributed by atoms with E-state index in [1.807, 2.05) is 13.8 Å². The second-order valence-electron chi connectivity index (χ2n) is 4.77. The van der Waals surface area contributed by atoms with Crippen molar-refractivity contribution < 1.29 is 18.3 Å². The Labute approximate surface area is 117 Å². The number of rotatable bonds is 7. The first-order chi connectivity index (χ1) is 9.39. The quantitative estimate of drug-likeness (QED) is 0.837. The van der Waals surface area contributed by atoms with Crippen LogP contribution in [0.4, 0.5) is 19.0 Å². The van der Waals surface area contributed by atoms with Gasteiger partial charge in [-0.1, -0.05) is 20.3 Å². The molecule has 20 heavy (non-hydrogen) atoms. The van der Waals surface area contributed by atoms with Gasteiger partial charge in [0.25, 0.3) is 0 Å². The van der Waals surface area contributed by atoms with Gasteiger partial charge in [0.15, 0.2) is 0 Å². The van der Waals surface area contributed by atoms with Crippen LogP contribution in [0.3, 0.4) is 0 Å². The fraction of sp³-hybridized carbons (Fsp3) is 0.643.